The first-order chi connectivity index (χ1) is 5.79. The van der Waals surface area contributed by atoms with Crippen LogP contribution in [-0.2, 0) is 0 Å². The van der Waals surface area contributed by atoms with Crippen LogP contribution in [0, 0.1) is 13.8 Å². The Bertz CT molecular complexity index is 264. The third-order valence-electron chi connectivity index (χ3n) is 1.93. The third kappa shape index (κ3) is 1.27. The minimum atomic E-state index is 0.474. The van der Waals surface area contributed by atoms with E-state index >= 15 is 0 Å². The van der Waals surface area contributed by atoms with Gasteiger partial charge in [0.05, 0.1) is 0 Å². The maximum absolute atomic E-state index is 5.62. The number of ether oxygens (including phenoxy) is 2. The van der Waals surface area contributed by atoms with E-state index in [0.29, 0.717) is 14.5 Å². The monoisotopic (exact) mass is 232 g/mol. The van der Waals surface area contributed by atoms with Crippen LogP contribution in [0.25, 0.3) is 0 Å². The fraction of sp³-hybridized carbons (Fsp3) is 0.556. The predicted molar refractivity (Wildman–Crippen MR) is 48.5 cm³/mol. The Hall–Kier alpha value is -0.401. The molecule has 0 atom stereocenters. The van der Waals surface area contributed by atoms with Crippen molar-refractivity contribution in [1.29, 1.82) is 0 Å². The van der Waals surface area contributed by atoms with Gasteiger partial charge in [0.25, 0.3) is 0 Å². The Morgan fingerprint density at radius 1 is 1.00 bits per heavy atom. The van der Waals surface area contributed by atoms with Crippen molar-refractivity contribution >= 4 is 14.5 Å². The molecule has 1 aromatic heterocycles. The average Bonchev–Trinajstić information content (AvgIpc) is 2.29. The molecule has 3 heteroatoms. The zero-order valence-corrected chi connectivity index (χ0v) is 9.06. The molecule has 2 rings (SSSR count). The van der Waals surface area contributed by atoms with E-state index in [9.17, 15) is 0 Å². The van der Waals surface area contributed by atoms with Crippen molar-refractivity contribution in [3.63, 3.8) is 0 Å². The van der Waals surface area contributed by atoms with E-state index in [1.54, 1.807) is 0 Å². The van der Waals surface area contributed by atoms with Crippen molar-refractivity contribution in [2.45, 2.75) is 20.3 Å². The van der Waals surface area contributed by atoms with E-state index in [-0.39, 0.29) is 0 Å². The van der Waals surface area contributed by atoms with Gasteiger partial charge >= 0.3 is 77.8 Å². The number of fused-ring (bicyclic) bond motifs is 1. The molecule has 0 bridgehead atoms. The first-order valence-electron chi connectivity index (χ1n) is 4.14. The number of rotatable bonds is 0. The summed E-state index contributed by atoms with van der Waals surface area (Å²) in [4.78, 5) is 0. The number of hydrogen-bond donors (Lipinski definition) is 0. The molecule has 2 heterocycles. The van der Waals surface area contributed by atoms with Gasteiger partial charge in [0.1, 0.15) is 0 Å². The molecule has 12 heavy (non-hydrogen) atoms. The second-order valence-corrected chi connectivity index (χ2v) is 5.92. The molecule has 0 saturated heterocycles. The van der Waals surface area contributed by atoms with Gasteiger partial charge in [0, 0.05) is 0 Å². The summed E-state index contributed by atoms with van der Waals surface area (Å²) in [6.07, 6.45) is 1.00. The topological polar surface area (TPSA) is 18.5 Å². The predicted octanol–water partition coefficient (Wildman–Crippen LogP) is 1.52. The van der Waals surface area contributed by atoms with Crippen LogP contribution in [0.3, 0.4) is 0 Å². The van der Waals surface area contributed by atoms with E-state index in [2.05, 4.69) is 13.8 Å². The normalized spacial score (nSPS) is 15.8. The van der Waals surface area contributed by atoms with Crippen LogP contribution in [0.2, 0.25) is 0 Å². The quantitative estimate of drug-likeness (QED) is 0.630. The fourth-order valence-corrected chi connectivity index (χ4v) is 3.37. The summed E-state index contributed by atoms with van der Waals surface area (Å²) in [5.41, 5.74) is 0. The van der Waals surface area contributed by atoms with Gasteiger partial charge in [-0.25, -0.2) is 0 Å². The van der Waals surface area contributed by atoms with Gasteiger partial charge < -0.3 is 0 Å². The van der Waals surface area contributed by atoms with Crippen LogP contribution in [0.15, 0.2) is 0 Å². The summed E-state index contributed by atoms with van der Waals surface area (Å²) in [7, 11) is 0. The Morgan fingerprint density at radius 3 is 2.00 bits per heavy atom. The molecule has 0 fully saturated rings. The van der Waals surface area contributed by atoms with E-state index < -0.39 is 0 Å². The summed E-state index contributed by atoms with van der Waals surface area (Å²) >= 11 is 0.474. The van der Waals surface area contributed by atoms with Crippen molar-refractivity contribution < 1.29 is 9.47 Å². The van der Waals surface area contributed by atoms with Gasteiger partial charge in [-0.3, -0.25) is 0 Å². The van der Waals surface area contributed by atoms with Crippen molar-refractivity contribution in [3.05, 3.63) is 8.87 Å². The first kappa shape index (κ1) is 8.21. The molecule has 2 nitrogen and oxygen atoms in total. The molecule has 1 aliphatic rings. The Balaban J connectivity index is 2.44. The molecule has 0 unspecified atom stereocenters. The molecule has 0 N–H and O–H groups in total. The molecule has 0 radical (unpaired) electrons. The number of aryl methyl sites for hydroxylation is 2. The van der Waals surface area contributed by atoms with Crippen LogP contribution in [-0.4, -0.2) is 27.7 Å². The zero-order chi connectivity index (χ0) is 8.55. The van der Waals surface area contributed by atoms with Gasteiger partial charge in [-0.1, -0.05) is 0 Å². The molecule has 1 aliphatic heterocycles. The standard InChI is InChI=1S/C9H12O2Se/c1-6-8-9(7(2)12-6)11-5-3-4-10-8/h3-5H2,1-2H3. The van der Waals surface area contributed by atoms with E-state index in [1.807, 2.05) is 0 Å². The van der Waals surface area contributed by atoms with Crippen LogP contribution in [0.1, 0.15) is 15.3 Å². The Morgan fingerprint density at radius 2 is 1.50 bits per heavy atom. The molecule has 0 aliphatic carbocycles. The van der Waals surface area contributed by atoms with E-state index in [4.69, 9.17) is 9.47 Å². The summed E-state index contributed by atoms with van der Waals surface area (Å²) in [6, 6.07) is 0. The van der Waals surface area contributed by atoms with Gasteiger partial charge in [-0.05, 0) is 0 Å². The van der Waals surface area contributed by atoms with Crippen molar-refractivity contribution in [2.75, 3.05) is 13.2 Å². The summed E-state index contributed by atoms with van der Waals surface area (Å²) in [6.45, 7) is 5.89. The summed E-state index contributed by atoms with van der Waals surface area (Å²) in [5.74, 6) is 2.06. The fourth-order valence-electron chi connectivity index (χ4n) is 1.38. The Labute approximate surface area is 78.2 Å². The van der Waals surface area contributed by atoms with Gasteiger partial charge in [0.2, 0.25) is 0 Å². The first-order valence-corrected chi connectivity index (χ1v) is 5.86. The molecule has 1 aromatic rings. The second-order valence-electron chi connectivity index (χ2n) is 2.92. The van der Waals surface area contributed by atoms with Gasteiger partial charge in [0.15, 0.2) is 0 Å². The average molecular weight is 231 g/mol. The second kappa shape index (κ2) is 3.15. The molecule has 0 aromatic carbocycles. The van der Waals surface area contributed by atoms with Crippen LogP contribution in [0.4, 0.5) is 0 Å². The van der Waals surface area contributed by atoms with Crippen LogP contribution < -0.4 is 9.47 Å². The molecule has 0 amide bonds. The Kier molecular flexibility index (Phi) is 2.16. The minimum absolute atomic E-state index is 0.474. The molecular weight excluding hydrogens is 219 g/mol. The van der Waals surface area contributed by atoms with Crippen LogP contribution in [0.5, 0.6) is 11.5 Å². The summed E-state index contributed by atoms with van der Waals surface area (Å²) < 4.78 is 14.0. The van der Waals surface area contributed by atoms with Crippen molar-refractivity contribution in [1.82, 2.24) is 0 Å². The molecule has 0 saturated carbocycles. The van der Waals surface area contributed by atoms with Gasteiger partial charge in [-0.15, -0.1) is 0 Å². The van der Waals surface area contributed by atoms with Crippen molar-refractivity contribution in [3.8, 4) is 11.5 Å². The summed E-state index contributed by atoms with van der Waals surface area (Å²) in [5, 5.41) is 0. The molecule has 66 valence electrons. The molecule has 0 spiro atoms. The van der Waals surface area contributed by atoms with Crippen molar-refractivity contribution in [2.24, 2.45) is 0 Å². The van der Waals surface area contributed by atoms with E-state index in [0.717, 1.165) is 31.1 Å². The maximum atomic E-state index is 5.62. The number of hydrogen-bond acceptors (Lipinski definition) is 2. The van der Waals surface area contributed by atoms with Crippen LogP contribution >= 0.6 is 0 Å². The zero-order valence-electron chi connectivity index (χ0n) is 7.35. The SMILES string of the molecule is Cc1[se]c(C)c2c1OCCCO2. The van der Waals surface area contributed by atoms with Gasteiger partial charge in [-0.2, -0.15) is 0 Å². The molecular formula is C9H12O2Se. The van der Waals surface area contributed by atoms with E-state index in [1.165, 1.54) is 8.87 Å². The third-order valence-corrected chi connectivity index (χ3v) is 4.00.